The molecule has 2 atom stereocenters. The number of hydrogen-bond donors (Lipinski definition) is 0. The number of rotatable bonds is 4. The summed E-state index contributed by atoms with van der Waals surface area (Å²) in [7, 11) is 0. The fourth-order valence-electron chi connectivity index (χ4n) is 2.83. The Bertz CT molecular complexity index is 594. The molecule has 2 unspecified atom stereocenters. The molecular weight excluding hydrogens is 236 g/mol. The minimum Gasteiger partial charge on any atom is -0.490 e. The molecule has 3 nitrogen and oxygen atoms in total. The topological polar surface area (TPSA) is 25.1 Å². The van der Waals surface area contributed by atoms with E-state index in [0.29, 0.717) is 6.04 Å². The molecule has 4 rings (SSSR count). The van der Waals surface area contributed by atoms with Gasteiger partial charge in [-0.1, -0.05) is 24.6 Å². The van der Waals surface area contributed by atoms with E-state index < -0.39 is 0 Å². The molecule has 1 aromatic heterocycles. The first-order valence-electron chi connectivity index (χ1n) is 7.13. The van der Waals surface area contributed by atoms with Gasteiger partial charge in [-0.05, 0) is 25.0 Å². The third kappa shape index (κ3) is 2.19. The van der Waals surface area contributed by atoms with E-state index in [9.17, 15) is 0 Å². The van der Waals surface area contributed by atoms with Gasteiger partial charge in [-0.25, -0.2) is 0 Å². The van der Waals surface area contributed by atoms with Crippen molar-refractivity contribution in [3.8, 4) is 5.75 Å². The zero-order valence-electron chi connectivity index (χ0n) is 11.0. The second-order valence-electron chi connectivity index (χ2n) is 5.61. The van der Waals surface area contributed by atoms with E-state index in [1.165, 1.54) is 25.8 Å². The van der Waals surface area contributed by atoms with Crippen LogP contribution in [0.1, 0.15) is 19.3 Å². The summed E-state index contributed by atoms with van der Waals surface area (Å²) in [5.74, 6) is 0.888. The van der Waals surface area contributed by atoms with Gasteiger partial charge in [0.15, 0.2) is 0 Å². The van der Waals surface area contributed by atoms with Crippen LogP contribution < -0.4 is 4.74 Å². The standard InChI is InChI=1S/C16H18N2O/c1-2-7-16-12(4-1)8-15(9-17-16)19-11-14-10-18(14)13-5-3-6-13/h1-2,4,7-9,13-14H,3,5-6,10-11H2. The lowest BCUT2D eigenvalue weighted by molar-refractivity contribution is 0.215. The van der Waals surface area contributed by atoms with E-state index in [1.807, 2.05) is 24.4 Å². The van der Waals surface area contributed by atoms with Crippen molar-refractivity contribution in [2.75, 3.05) is 13.2 Å². The highest BCUT2D eigenvalue weighted by atomic mass is 16.5. The van der Waals surface area contributed by atoms with Gasteiger partial charge >= 0.3 is 0 Å². The van der Waals surface area contributed by atoms with Crippen LogP contribution in [0.2, 0.25) is 0 Å². The van der Waals surface area contributed by atoms with Crippen molar-refractivity contribution in [1.82, 2.24) is 9.88 Å². The van der Waals surface area contributed by atoms with Crippen LogP contribution >= 0.6 is 0 Å². The molecule has 0 bridgehead atoms. The van der Waals surface area contributed by atoms with Crippen LogP contribution in [-0.2, 0) is 0 Å². The number of ether oxygens (including phenoxy) is 1. The van der Waals surface area contributed by atoms with Gasteiger partial charge in [0.1, 0.15) is 12.4 Å². The summed E-state index contributed by atoms with van der Waals surface area (Å²) < 4.78 is 5.88. The molecule has 2 heterocycles. The molecule has 3 heteroatoms. The Labute approximate surface area is 113 Å². The van der Waals surface area contributed by atoms with Gasteiger partial charge in [0, 0.05) is 18.0 Å². The summed E-state index contributed by atoms with van der Waals surface area (Å²) in [6.07, 6.45) is 6.00. The van der Waals surface area contributed by atoms with Gasteiger partial charge in [0.05, 0.1) is 17.8 Å². The van der Waals surface area contributed by atoms with E-state index >= 15 is 0 Å². The Balaban J connectivity index is 1.39. The maximum Gasteiger partial charge on any atom is 0.138 e. The third-order valence-corrected chi connectivity index (χ3v) is 4.31. The van der Waals surface area contributed by atoms with Gasteiger partial charge in [-0.2, -0.15) is 0 Å². The van der Waals surface area contributed by atoms with E-state index in [1.54, 1.807) is 0 Å². The van der Waals surface area contributed by atoms with Crippen LogP contribution in [0, 0.1) is 0 Å². The third-order valence-electron chi connectivity index (χ3n) is 4.31. The summed E-state index contributed by atoms with van der Waals surface area (Å²) in [6.45, 7) is 2.02. The van der Waals surface area contributed by atoms with Crippen molar-refractivity contribution < 1.29 is 4.74 Å². The Kier molecular flexibility index (Phi) is 2.66. The van der Waals surface area contributed by atoms with E-state index in [2.05, 4.69) is 22.0 Å². The number of fused-ring (bicyclic) bond motifs is 1. The molecule has 98 valence electrons. The van der Waals surface area contributed by atoms with Gasteiger partial charge < -0.3 is 4.74 Å². The monoisotopic (exact) mass is 254 g/mol. The Morgan fingerprint density at radius 1 is 1.26 bits per heavy atom. The van der Waals surface area contributed by atoms with Crippen LogP contribution in [0.25, 0.3) is 10.9 Å². The fraction of sp³-hybridized carbons (Fsp3) is 0.438. The zero-order valence-corrected chi connectivity index (χ0v) is 11.0. The predicted molar refractivity (Wildman–Crippen MR) is 75.4 cm³/mol. The van der Waals surface area contributed by atoms with Crippen molar-refractivity contribution in [1.29, 1.82) is 0 Å². The van der Waals surface area contributed by atoms with Crippen molar-refractivity contribution in [3.05, 3.63) is 36.5 Å². The number of benzene rings is 1. The summed E-state index contributed by atoms with van der Waals surface area (Å²) in [6, 6.07) is 11.7. The summed E-state index contributed by atoms with van der Waals surface area (Å²) >= 11 is 0. The molecule has 2 fully saturated rings. The second-order valence-corrected chi connectivity index (χ2v) is 5.61. The Hall–Kier alpha value is -1.61. The molecule has 0 spiro atoms. The van der Waals surface area contributed by atoms with Crippen LogP contribution in [0.15, 0.2) is 36.5 Å². The molecule has 1 saturated carbocycles. The summed E-state index contributed by atoms with van der Waals surface area (Å²) in [5.41, 5.74) is 1.03. The Morgan fingerprint density at radius 3 is 3.00 bits per heavy atom. The summed E-state index contributed by atoms with van der Waals surface area (Å²) in [5, 5.41) is 1.15. The van der Waals surface area contributed by atoms with E-state index in [-0.39, 0.29) is 0 Å². The SMILES string of the molecule is c1ccc2ncc(OCC3CN3C3CCC3)cc2c1. The molecule has 1 aromatic carbocycles. The quantitative estimate of drug-likeness (QED) is 0.784. The van der Waals surface area contributed by atoms with Crippen molar-refractivity contribution in [2.45, 2.75) is 31.3 Å². The fourth-order valence-corrected chi connectivity index (χ4v) is 2.83. The van der Waals surface area contributed by atoms with Gasteiger partial charge in [0.2, 0.25) is 0 Å². The predicted octanol–water partition coefficient (Wildman–Crippen LogP) is 2.85. The van der Waals surface area contributed by atoms with E-state index in [4.69, 9.17) is 4.74 Å². The smallest absolute Gasteiger partial charge is 0.138 e. The number of pyridine rings is 1. The molecule has 1 aliphatic carbocycles. The maximum absolute atomic E-state index is 5.88. The molecule has 0 amide bonds. The minimum absolute atomic E-state index is 0.636. The highest BCUT2D eigenvalue weighted by Gasteiger charge is 2.42. The first-order valence-corrected chi connectivity index (χ1v) is 7.13. The molecule has 19 heavy (non-hydrogen) atoms. The number of nitrogens with zero attached hydrogens (tertiary/aromatic N) is 2. The zero-order chi connectivity index (χ0) is 12.7. The normalized spacial score (nSPS) is 26.1. The average Bonchev–Trinajstić information content (AvgIpc) is 3.13. The maximum atomic E-state index is 5.88. The first kappa shape index (κ1) is 11.2. The van der Waals surface area contributed by atoms with Crippen LogP contribution in [-0.4, -0.2) is 35.1 Å². The number of para-hydroxylation sites is 1. The first-order chi connectivity index (χ1) is 9.40. The highest BCUT2D eigenvalue weighted by Crippen LogP contribution is 2.33. The van der Waals surface area contributed by atoms with Gasteiger partial charge in [0.25, 0.3) is 0 Å². The molecule has 1 saturated heterocycles. The second kappa shape index (κ2) is 4.49. The minimum atomic E-state index is 0.636. The molecule has 1 aliphatic heterocycles. The van der Waals surface area contributed by atoms with Crippen molar-refractivity contribution in [3.63, 3.8) is 0 Å². The van der Waals surface area contributed by atoms with Crippen LogP contribution in [0.5, 0.6) is 5.75 Å². The average molecular weight is 254 g/mol. The highest BCUT2D eigenvalue weighted by molar-refractivity contribution is 5.79. The lowest BCUT2D eigenvalue weighted by Gasteiger charge is -2.27. The molecule has 2 aliphatic rings. The van der Waals surface area contributed by atoms with Gasteiger partial charge in [-0.3, -0.25) is 9.88 Å². The van der Waals surface area contributed by atoms with Gasteiger partial charge in [-0.15, -0.1) is 0 Å². The summed E-state index contributed by atoms with van der Waals surface area (Å²) in [4.78, 5) is 6.99. The number of hydrogen-bond acceptors (Lipinski definition) is 3. The lowest BCUT2D eigenvalue weighted by Crippen LogP contribution is -2.29. The van der Waals surface area contributed by atoms with E-state index in [0.717, 1.165) is 29.3 Å². The Morgan fingerprint density at radius 2 is 2.16 bits per heavy atom. The largest absolute Gasteiger partial charge is 0.490 e. The lowest BCUT2D eigenvalue weighted by atomic mass is 9.93. The van der Waals surface area contributed by atoms with Crippen LogP contribution in [0.4, 0.5) is 0 Å². The molecule has 2 aromatic rings. The van der Waals surface area contributed by atoms with Crippen molar-refractivity contribution >= 4 is 10.9 Å². The molecule has 0 radical (unpaired) electrons. The molecular formula is C16H18N2O. The van der Waals surface area contributed by atoms with Crippen LogP contribution in [0.3, 0.4) is 0 Å². The number of aromatic nitrogens is 1. The molecule has 0 N–H and O–H groups in total. The van der Waals surface area contributed by atoms with Crippen molar-refractivity contribution in [2.24, 2.45) is 0 Å².